The Balaban J connectivity index is 1.59. The highest BCUT2D eigenvalue weighted by Crippen LogP contribution is 2.26. The van der Waals surface area contributed by atoms with Gasteiger partial charge in [0.25, 0.3) is 0 Å². The number of para-hydroxylation sites is 1. The van der Waals surface area contributed by atoms with Crippen molar-refractivity contribution in [1.82, 2.24) is 4.57 Å². The van der Waals surface area contributed by atoms with Crippen LogP contribution in [0.15, 0.2) is 82.4 Å². The van der Waals surface area contributed by atoms with Gasteiger partial charge < -0.3 is 9.40 Å². The van der Waals surface area contributed by atoms with Crippen LogP contribution in [0, 0.1) is 18.3 Å². The first kappa shape index (κ1) is 19.9. The molecule has 3 aromatic carbocycles. The molecule has 0 unspecified atom stereocenters. The summed E-state index contributed by atoms with van der Waals surface area (Å²) in [5.41, 5.74) is 5.99. The van der Waals surface area contributed by atoms with E-state index in [2.05, 4.69) is 81.1 Å². The van der Waals surface area contributed by atoms with Gasteiger partial charge in [-0.3, -0.25) is 0 Å². The summed E-state index contributed by atoms with van der Waals surface area (Å²) in [6, 6.07) is 26.3. The zero-order chi connectivity index (χ0) is 20.9. The number of hydrogen-bond acceptors (Lipinski definition) is 3. The zero-order valence-electron chi connectivity index (χ0n) is 16.5. The number of oxime groups is 1. The summed E-state index contributed by atoms with van der Waals surface area (Å²) in [4.78, 5) is 5.51. The number of aromatic nitrogens is 1. The molecule has 0 saturated heterocycles. The van der Waals surface area contributed by atoms with Gasteiger partial charge in [0, 0.05) is 38.7 Å². The topological polar surface area (TPSA) is 50.3 Å². The van der Waals surface area contributed by atoms with Gasteiger partial charge in [0.2, 0.25) is 0 Å². The van der Waals surface area contributed by atoms with Crippen LogP contribution in [0.1, 0.15) is 27.9 Å². The van der Waals surface area contributed by atoms with Crippen LogP contribution in [0.25, 0.3) is 10.9 Å². The van der Waals surface area contributed by atoms with E-state index in [1.807, 2.05) is 24.3 Å². The fourth-order valence-corrected chi connectivity index (χ4v) is 3.81. The lowest BCUT2D eigenvalue weighted by Crippen LogP contribution is -2.02. The minimum absolute atomic E-state index is 0.261. The third kappa shape index (κ3) is 4.14. The van der Waals surface area contributed by atoms with Crippen LogP contribution in [0.3, 0.4) is 0 Å². The predicted octanol–water partition coefficient (Wildman–Crippen LogP) is 6.18. The Bertz CT molecular complexity index is 1250. The van der Waals surface area contributed by atoms with Crippen molar-refractivity contribution < 1.29 is 4.84 Å². The first-order valence-corrected chi connectivity index (χ1v) is 10.4. The molecule has 0 radical (unpaired) electrons. The average Bonchev–Trinajstić information content (AvgIpc) is 3.04. The summed E-state index contributed by atoms with van der Waals surface area (Å²) >= 11 is 3.49. The van der Waals surface area contributed by atoms with Crippen molar-refractivity contribution in [2.45, 2.75) is 20.1 Å². The van der Waals surface area contributed by atoms with Crippen LogP contribution < -0.4 is 0 Å². The molecule has 0 atom stereocenters. The molecule has 0 bridgehead atoms. The van der Waals surface area contributed by atoms with Crippen molar-refractivity contribution in [3.63, 3.8) is 0 Å². The Morgan fingerprint density at radius 3 is 2.57 bits per heavy atom. The number of hydrogen-bond donors (Lipinski definition) is 0. The van der Waals surface area contributed by atoms with Gasteiger partial charge in [0.05, 0.1) is 17.8 Å². The van der Waals surface area contributed by atoms with Crippen molar-refractivity contribution in [2.24, 2.45) is 5.16 Å². The lowest BCUT2D eigenvalue weighted by atomic mass is 10.1. The normalized spacial score (nSPS) is 11.1. The lowest BCUT2D eigenvalue weighted by molar-refractivity contribution is 0.132. The Morgan fingerprint density at radius 2 is 1.77 bits per heavy atom. The highest BCUT2D eigenvalue weighted by atomic mass is 79.9. The Morgan fingerprint density at radius 1 is 1.03 bits per heavy atom. The van der Waals surface area contributed by atoms with Crippen LogP contribution in [-0.2, 0) is 18.0 Å². The van der Waals surface area contributed by atoms with E-state index in [4.69, 9.17) is 4.84 Å². The molecule has 30 heavy (non-hydrogen) atoms. The number of nitrogens with zero attached hydrogens (tertiary/aromatic N) is 3. The maximum absolute atomic E-state index is 9.20. The molecule has 4 aromatic rings. The van der Waals surface area contributed by atoms with Gasteiger partial charge in [-0.2, -0.15) is 5.26 Å². The lowest BCUT2D eigenvalue weighted by Gasteiger charge is -2.09. The van der Waals surface area contributed by atoms with Crippen LogP contribution in [0.4, 0.5) is 0 Å². The summed E-state index contributed by atoms with van der Waals surface area (Å²) in [6.45, 7) is 3.14. The number of fused-ring (bicyclic) bond motifs is 1. The van der Waals surface area contributed by atoms with E-state index < -0.39 is 0 Å². The van der Waals surface area contributed by atoms with Crippen molar-refractivity contribution in [1.29, 1.82) is 5.26 Å². The van der Waals surface area contributed by atoms with Gasteiger partial charge in [0.15, 0.2) is 0 Å². The van der Waals surface area contributed by atoms with E-state index >= 15 is 0 Å². The third-order valence-corrected chi connectivity index (χ3v) is 5.68. The van der Waals surface area contributed by atoms with E-state index in [9.17, 15) is 5.26 Å². The van der Waals surface area contributed by atoms with Crippen LogP contribution in [0.2, 0.25) is 0 Å². The van der Waals surface area contributed by atoms with Crippen molar-refractivity contribution >= 4 is 33.0 Å². The van der Waals surface area contributed by atoms with Crippen LogP contribution in [0.5, 0.6) is 0 Å². The molecular weight excluding hydrogens is 438 g/mol. The molecule has 1 heterocycles. The summed E-state index contributed by atoms with van der Waals surface area (Å²) in [5.74, 6) is 0. The van der Waals surface area contributed by atoms with Crippen LogP contribution in [-0.4, -0.2) is 10.8 Å². The first-order valence-electron chi connectivity index (χ1n) is 9.63. The average molecular weight is 458 g/mol. The van der Waals surface area contributed by atoms with Gasteiger partial charge in [-0.15, -0.1) is 0 Å². The molecule has 4 nitrogen and oxygen atoms in total. The summed E-state index contributed by atoms with van der Waals surface area (Å²) < 4.78 is 3.37. The maximum atomic E-state index is 9.20. The molecule has 0 spiro atoms. The van der Waals surface area contributed by atoms with Gasteiger partial charge in [-0.25, -0.2) is 0 Å². The minimum atomic E-state index is 0.261. The smallest absolute Gasteiger partial charge is 0.143 e. The second kappa shape index (κ2) is 8.98. The number of halogens is 1. The van der Waals surface area contributed by atoms with Crippen molar-refractivity contribution in [3.8, 4) is 6.07 Å². The Labute approximate surface area is 184 Å². The zero-order valence-corrected chi connectivity index (χ0v) is 18.1. The van der Waals surface area contributed by atoms with Gasteiger partial charge >= 0.3 is 0 Å². The Kier molecular flexibility index (Phi) is 5.97. The summed E-state index contributed by atoms with van der Waals surface area (Å²) in [5, 5.41) is 14.5. The molecule has 0 amide bonds. The van der Waals surface area contributed by atoms with E-state index in [1.165, 1.54) is 5.56 Å². The van der Waals surface area contributed by atoms with Gasteiger partial charge in [0.1, 0.15) is 6.61 Å². The molecular formula is C25H20BrN3O. The quantitative estimate of drug-likeness (QED) is 0.256. The molecule has 0 aliphatic carbocycles. The fourth-order valence-electron chi connectivity index (χ4n) is 3.55. The van der Waals surface area contributed by atoms with E-state index in [-0.39, 0.29) is 6.61 Å². The third-order valence-electron chi connectivity index (χ3n) is 5.15. The molecule has 148 valence electrons. The minimum Gasteiger partial charge on any atom is -0.391 e. The SMILES string of the molecule is Cc1c(/C=N\OCc2ccccc2C#N)c2ccccc2n1Cc1ccc(Br)cc1. The van der Waals surface area contributed by atoms with Crippen molar-refractivity contribution in [3.05, 3.63) is 105 Å². The largest absolute Gasteiger partial charge is 0.391 e. The highest BCUT2D eigenvalue weighted by Gasteiger charge is 2.13. The van der Waals surface area contributed by atoms with Crippen molar-refractivity contribution in [2.75, 3.05) is 0 Å². The van der Waals surface area contributed by atoms with E-state index in [0.29, 0.717) is 5.56 Å². The fraction of sp³-hybridized carbons (Fsp3) is 0.120. The first-order chi connectivity index (χ1) is 14.7. The summed E-state index contributed by atoms with van der Waals surface area (Å²) in [6.07, 6.45) is 1.77. The monoisotopic (exact) mass is 457 g/mol. The van der Waals surface area contributed by atoms with E-state index in [1.54, 1.807) is 12.3 Å². The number of benzene rings is 3. The molecule has 0 N–H and O–H groups in total. The molecule has 1 aromatic heterocycles. The predicted molar refractivity (Wildman–Crippen MR) is 123 cm³/mol. The standard InChI is InChI=1S/C25H20BrN3O/c1-18-24(15-28-30-17-21-7-3-2-6-20(21)14-27)23-8-4-5-9-25(23)29(18)16-19-10-12-22(26)13-11-19/h2-13,15H,16-17H2,1H3/b28-15-. The van der Waals surface area contributed by atoms with Crippen LogP contribution >= 0.6 is 15.9 Å². The number of nitriles is 1. The maximum Gasteiger partial charge on any atom is 0.143 e. The Hall–Kier alpha value is -3.36. The van der Waals surface area contributed by atoms with E-state index in [0.717, 1.165) is 38.7 Å². The molecule has 0 aliphatic heterocycles. The molecule has 0 aliphatic rings. The molecule has 5 heteroatoms. The molecule has 0 fully saturated rings. The number of rotatable bonds is 6. The summed E-state index contributed by atoms with van der Waals surface area (Å²) in [7, 11) is 0. The highest BCUT2D eigenvalue weighted by molar-refractivity contribution is 9.10. The van der Waals surface area contributed by atoms with Gasteiger partial charge in [-0.05, 0) is 36.8 Å². The molecule has 4 rings (SSSR count). The second-order valence-electron chi connectivity index (χ2n) is 7.01. The molecule has 0 saturated carbocycles. The van der Waals surface area contributed by atoms with Gasteiger partial charge in [-0.1, -0.05) is 69.6 Å². The second-order valence-corrected chi connectivity index (χ2v) is 7.92.